The van der Waals surface area contributed by atoms with Crippen LogP contribution in [-0.4, -0.2) is 22.4 Å². The highest BCUT2D eigenvalue weighted by atomic mass is 35.5. The lowest BCUT2D eigenvalue weighted by Gasteiger charge is -2.33. The van der Waals surface area contributed by atoms with Gasteiger partial charge in [0.1, 0.15) is 5.69 Å². The second-order valence-electron chi connectivity index (χ2n) is 6.33. The number of nitro groups is 1. The number of rotatable bonds is 3. The molecule has 8 heteroatoms. The number of nitro benzene ring substituents is 1. The second kappa shape index (κ2) is 6.42. The summed E-state index contributed by atoms with van der Waals surface area (Å²) in [4.78, 5) is 35.5. The van der Waals surface area contributed by atoms with E-state index in [4.69, 9.17) is 16.3 Å². The molecule has 1 heterocycles. The van der Waals surface area contributed by atoms with E-state index in [0.29, 0.717) is 11.1 Å². The molecular formula is C18H15ClN2O5. The predicted octanol–water partition coefficient (Wildman–Crippen LogP) is 3.67. The van der Waals surface area contributed by atoms with E-state index in [-0.39, 0.29) is 22.8 Å². The summed E-state index contributed by atoms with van der Waals surface area (Å²) in [5, 5.41) is 13.8. The Balaban J connectivity index is 1.91. The molecular weight excluding hydrogens is 360 g/mol. The lowest BCUT2D eigenvalue weighted by atomic mass is 9.88. The third-order valence-corrected chi connectivity index (χ3v) is 4.45. The van der Waals surface area contributed by atoms with Gasteiger partial charge in [0, 0.05) is 17.5 Å². The van der Waals surface area contributed by atoms with Crippen LogP contribution in [0.1, 0.15) is 28.4 Å². The van der Waals surface area contributed by atoms with Gasteiger partial charge in [-0.15, -0.1) is 0 Å². The van der Waals surface area contributed by atoms with Gasteiger partial charge in [0.2, 0.25) is 0 Å². The van der Waals surface area contributed by atoms with E-state index in [9.17, 15) is 19.7 Å². The minimum absolute atomic E-state index is 0.0169. The number of halogens is 1. The van der Waals surface area contributed by atoms with Crippen molar-refractivity contribution in [3.05, 3.63) is 68.2 Å². The number of carbonyl (C=O) groups is 2. The normalized spacial score (nSPS) is 18.7. The van der Waals surface area contributed by atoms with Crippen LogP contribution < -0.4 is 5.32 Å². The number of carbonyl (C=O) groups excluding carboxylic acids is 2. The van der Waals surface area contributed by atoms with E-state index in [2.05, 4.69) is 5.32 Å². The number of hydrogen-bond donors (Lipinski definition) is 1. The van der Waals surface area contributed by atoms with Crippen molar-refractivity contribution in [2.75, 3.05) is 5.32 Å². The second-order valence-corrected chi connectivity index (χ2v) is 6.77. The minimum Gasteiger partial charge on any atom is -0.445 e. The number of amides is 1. The van der Waals surface area contributed by atoms with Crippen LogP contribution in [0.2, 0.25) is 5.02 Å². The number of fused-ring (bicyclic) bond motifs is 1. The van der Waals surface area contributed by atoms with Crippen LogP contribution in [0, 0.1) is 17.0 Å². The summed E-state index contributed by atoms with van der Waals surface area (Å²) >= 11 is 5.78. The van der Waals surface area contributed by atoms with Gasteiger partial charge in [0.15, 0.2) is 5.60 Å². The number of aryl methyl sites for hydroxylation is 1. The molecule has 0 radical (unpaired) electrons. The number of nitrogens with zero attached hydrogens (tertiary/aromatic N) is 1. The Bertz CT molecular complexity index is 943. The van der Waals surface area contributed by atoms with E-state index in [1.165, 1.54) is 19.1 Å². The molecule has 1 amide bonds. The molecule has 0 saturated heterocycles. The summed E-state index contributed by atoms with van der Waals surface area (Å²) in [6.45, 7) is 3.36. The molecule has 1 aliphatic rings. The Morgan fingerprint density at radius 1 is 1.31 bits per heavy atom. The molecule has 0 spiro atoms. The molecule has 7 nitrogen and oxygen atoms in total. The average molecular weight is 375 g/mol. The van der Waals surface area contributed by atoms with Crippen molar-refractivity contribution in [3.8, 4) is 0 Å². The Hall–Kier alpha value is -2.93. The Morgan fingerprint density at radius 2 is 2.04 bits per heavy atom. The summed E-state index contributed by atoms with van der Waals surface area (Å²) in [5.74, 6) is -1.25. The fourth-order valence-corrected chi connectivity index (χ4v) is 3.04. The summed E-state index contributed by atoms with van der Waals surface area (Å²) < 4.78 is 5.35. The molecule has 0 fully saturated rings. The van der Waals surface area contributed by atoms with Crippen molar-refractivity contribution in [3.63, 3.8) is 0 Å². The first-order valence-corrected chi connectivity index (χ1v) is 8.16. The molecule has 26 heavy (non-hydrogen) atoms. The molecule has 1 atom stereocenters. The first-order chi connectivity index (χ1) is 12.2. The van der Waals surface area contributed by atoms with Crippen LogP contribution in [-0.2, 0) is 16.0 Å². The zero-order chi connectivity index (χ0) is 19.1. The molecule has 0 aliphatic carbocycles. The molecule has 3 rings (SSSR count). The molecule has 1 unspecified atom stereocenters. The van der Waals surface area contributed by atoms with Crippen molar-refractivity contribution in [1.29, 1.82) is 0 Å². The maximum absolute atomic E-state index is 12.7. The molecule has 0 saturated carbocycles. The number of anilines is 1. The standard InChI is InChI=1S/C18H15ClN2O5/c1-10-3-5-13-11(7-10)9-18(2,26-16(13)22)17(23)20-14-6-4-12(19)8-15(14)21(24)25/h3-8H,9H2,1-2H3,(H,20,23). The Morgan fingerprint density at radius 3 is 2.73 bits per heavy atom. The molecule has 0 aromatic heterocycles. The first-order valence-electron chi connectivity index (χ1n) is 7.78. The van der Waals surface area contributed by atoms with Gasteiger partial charge in [-0.3, -0.25) is 14.9 Å². The molecule has 0 bridgehead atoms. The van der Waals surface area contributed by atoms with E-state index in [1.807, 2.05) is 13.0 Å². The smallest absolute Gasteiger partial charge is 0.339 e. The van der Waals surface area contributed by atoms with E-state index in [1.54, 1.807) is 12.1 Å². The van der Waals surface area contributed by atoms with Crippen LogP contribution >= 0.6 is 11.6 Å². The first kappa shape index (κ1) is 17.9. The monoisotopic (exact) mass is 374 g/mol. The van der Waals surface area contributed by atoms with E-state index < -0.39 is 22.4 Å². The van der Waals surface area contributed by atoms with Crippen molar-refractivity contribution in [2.24, 2.45) is 0 Å². The lowest BCUT2D eigenvalue weighted by molar-refractivity contribution is -0.383. The number of esters is 1. The zero-order valence-electron chi connectivity index (χ0n) is 14.0. The highest BCUT2D eigenvalue weighted by molar-refractivity contribution is 6.31. The Labute approximate surface area is 154 Å². The molecule has 1 aliphatic heterocycles. The fourth-order valence-electron chi connectivity index (χ4n) is 2.87. The van der Waals surface area contributed by atoms with Gasteiger partial charge in [-0.25, -0.2) is 4.79 Å². The zero-order valence-corrected chi connectivity index (χ0v) is 14.8. The van der Waals surface area contributed by atoms with Crippen molar-refractivity contribution < 1.29 is 19.2 Å². The van der Waals surface area contributed by atoms with Gasteiger partial charge < -0.3 is 10.1 Å². The number of ether oxygens (including phenoxy) is 1. The number of benzene rings is 2. The molecule has 1 N–H and O–H groups in total. The lowest BCUT2D eigenvalue weighted by Crippen LogP contribution is -2.49. The van der Waals surface area contributed by atoms with Crippen LogP contribution in [0.4, 0.5) is 11.4 Å². The summed E-state index contributed by atoms with van der Waals surface area (Å²) in [7, 11) is 0. The number of cyclic esters (lactones) is 1. The van der Waals surface area contributed by atoms with Crippen molar-refractivity contribution >= 4 is 34.9 Å². The topological polar surface area (TPSA) is 98.5 Å². The number of nitrogens with one attached hydrogen (secondary N) is 1. The van der Waals surface area contributed by atoms with Gasteiger partial charge in [-0.05, 0) is 37.6 Å². The predicted molar refractivity (Wildman–Crippen MR) is 95.4 cm³/mol. The average Bonchev–Trinajstić information content (AvgIpc) is 2.55. The quantitative estimate of drug-likeness (QED) is 0.502. The SMILES string of the molecule is Cc1ccc2c(c1)CC(C)(C(=O)Nc1ccc(Cl)cc1[N+](=O)[O-])OC2=O. The summed E-state index contributed by atoms with van der Waals surface area (Å²) in [5.41, 5.74) is 0.229. The van der Waals surface area contributed by atoms with Crippen molar-refractivity contribution in [1.82, 2.24) is 0 Å². The summed E-state index contributed by atoms with van der Waals surface area (Å²) in [6.07, 6.45) is 0.170. The molecule has 2 aromatic rings. The highest BCUT2D eigenvalue weighted by Crippen LogP contribution is 2.32. The summed E-state index contributed by atoms with van der Waals surface area (Å²) in [6, 6.07) is 9.19. The van der Waals surface area contributed by atoms with Gasteiger partial charge in [-0.1, -0.05) is 29.3 Å². The third kappa shape index (κ3) is 3.25. The van der Waals surface area contributed by atoms with E-state index in [0.717, 1.165) is 11.6 Å². The molecule has 2 aromatic carbocycles. The van der Waals surface area contributed by atoms with Gasteiger partial charge in [0.25, 0.3) is 11.6 Å². The fraction of sp³-hybridized carbons (Fsp3) is 0.222. The van der Waals surface area contributed by atoms with E-state index >= 15 is 0 Å². The van der Waals surface area contributed by atoms with Crippen LogP contribution in [0.5, 0.6) is 0 Å². The third-order valence-electron chi connectivity index (χ3n) is 4.21. The van der Waals surface area contributed by atoms with Crippen LogP contribution in [0.15, 0.2) is 36.4 Å². The Kier molecular flexibility index (Phi) is 4.41. The van der Waals surface area contributed by atoms with Crippen LogP contribution in [0.3, 0.4) is 0 Å². The maximum atomic E-state index is 12.7. The van der Waals surface area contributed by atoms with Gasteiger partial charge in [0.05, 0.1) is 10.5 Å². The largest absolute Gasteiger partial charge is 0.445 e. The molecule has 134 valence electrons. The van der Waals surface area contributed by atoms with Gasteiger partial charge >= 0.3 is 5.97 Å². The minimum atomic E-state index is -1.48. The number of hydrogen-bond acceptors (Lipinski definition) is 5. The van der Waals surface area contributed by atoms with Crippen LogP contribution in [0.25, 0.3) is 0 Å². The highest BCUT2D eigenvalue weighted by Gasteiger charge is 2.43. The maximum Gasteiger partial charge on any atom is 0.339 e. The van der Waals surface area contributed by atoms with Crippen molar-refractivity contribution in [2.45, 2.75) is 25.9 Å². The van der Waals surface area contributed by atoms with Gasteiger partial charge in [-0.2, -0.15) is 0 Å².